The number of halogens is 1. The molecule has 0 heterocycles. The van der Waals surface area contributed by atoms with E-state index >= 15 is 0 Å². The largest absolute Gasteiger partial charge is 0.493 e. The van der Waals surface area contributed by atoms with E-state index in [1.807, 2.05) is 6.07 Å². The standard InChI is InChI=1S/C17H14FN3O3/c1-23-16-9-12(5-6-15(16)24-8-7-19)11-20-21-17(22)13-3-2-4-14(18)10-13/h2-6,9-11H,8H2,1H3,(H,21,22)/b20-11-. The van der Waals surface area contributed by atoms with Crippen LogP contribution < -0.4 is 14.9 Å². The number of rotatable bonds is 6. The first-order chi connectivity index (χ1) is 11.6. The van der Waals surface area contributed by atoms with Crippen LogP contribution in [0, 0.1) is 17.1 Å². The molecule has 0 bridgehead atoms. The number of nitrogens with one attached hydrogen (secondary N) is 1. The summed E-state index contributed by atoms with van der Waals surface area (Å²) in [7, 11) is 1.47. The number of carbonyl (C=O) groups is 1. The molecule has 0 unspecified atom stereocenters. The molecule has 0 aliphatic heterocycles. The van der Waals surface area contributed by atoms with Gasteiger partial charge in [0.1, 0.15) is 11.9 Å². The Kier molecular flexibility index (Phi) is 5.86. The van der Waals surface area contributed by atoms with Crippen molar-refractivity contribution in [3.05, 3.63) is 59.4 Å². The Hall–Kier alpha value is -3.40. The molecule has 1 amide bonds. The lowest BCUT2D eigenvalue weighted by Crippen LogP contribution is -2.17. The van der Waals surface area contributed by atoms with E-state index < -0.39 is 11.7 Å². The van der Waals surface area contributed by atoms with Gasteiger partial charge in [-0.25, -0.2) is 9.82 Å². The SMILES string of the molecule is COc1cc(/C=N\NC(=O)c2cccc(F)c2)ccc1OCC#N. The summed E-state index contributed by atoms with van der Waals surface area (Å²) in [5, 5.41) is 12.3. The molecule has 0 radical (unpaired) electrons. The van der Waals surface area contributed by atoms with E-state index in [9.17, 15) is 9.18 Å². The van der Waals surface area contributed by atoms with Gasteiger partial charge in [-0.1, -0.05) is 6.07 Å². The van der Waals surface area contributed by atoms with Crippen molar-refractivity contribution in [2.45, 2.75) is 0 Å². The lowest BCUT2D eigenvalue weighted by molar-refractivity contribution is 0.0954. The Morgan fingerprint density at radius 1 is 1.33 bits per heavy atom. The first-order valence-electron chi connectivity index (χ1n) is 6.91. The number of amides is 1. The van der Waals surface area contributed by atoms with Gasteiger partial charge >= 0.3 is 0 Å². The molecule has 0 aliphatic carbocycles. The normalized spacial score (nSPS) is 10.2. The number of benzene rings is 2. The fraction of sp³-hybridized carbons (Fsp3) is 0.118. The van der Waals surface area contributed by atoms with Crippen molar-refractivity contribution in [3.8, 4) is 17.6 Å². The molecule has 0 spiro atoms. The predicted octanol–water partition coefficient (Wildman–Crippen LogP) is 2.50. The average Bonchev–Trinajstić information content (AvgIpc) is 2.60. The third-order valence-corrected chi connectivity index (χ3v) is 2.95. The molecule has 0 aliphatic rings. The lowest BCUT2D eigenvalue weighted by atomic mass is 10.2. The summed E-state index contributed by atoms with van der Waals surface area (Å²) in [4.78, 5) is 11.8. The van der Waals surface area contributed by atoms with Crippen molar-refractivity contribution in [2.24, 2.45) is 5.10 Å². The number of carbonyl (C=O) groups excluding carboxylic acids is 1. The van der Waals surface area contributed by atoms with Crippen LogP contribution in [-0.2, 0) is 0 Å². The number of methoxy groups -OCH3 is 1. The maximum Gasteiger partial charge on any atom is 0.271 e. The van der Waals surface area contributed by atoms with Crippen molar-refractivity contribution >= 4 is 12.1 Å². The van der Waals surface area contributed by atoms with Crippen molar-refractivity contribution in [3.63, 3.8) is 0 Å². The topological polar surface area (TPSA) is 83.7 Å². The molecule has 0 aromatic heterocycles. The molecule has 122 valence electrons. The van der Waals surface area contributed by atoms with Crippen LogP contribution in [0.2, 0.25) is 0 Å². The smallest absolute Gasteiger partial charge is 0.271 e. The summed E-state index contributed by atoms with van der Waals surface area (Å²) < 4.78 is 23.4. The molecule has 0 fully saturated rings. The van der Waals surface area contributed by atoms with Crippen LogP contribution in [-0.4, -0.2) is 25.8 Å². The fourth-order valence-electron chi connectivity index (χ4n) is 1.85. The molecule has 2 aromatic rings. The van der Waals surface area contributed by atoms with Gasteiger partial charge in [-0.3, -0.25) is 4.79 Å². The Morgan fingerprint density at radius 2 is 2.17 bits per heavy atom. The van der Waals surface area contributed by atoms with Crippen LogP contribution in [0.3, 0.4) is 0 Å². The van der Waals surface area contributed by atoms with E-state index in [2.05, 4.69) is 10.5 Å². The average molecular weight is 327 g/mol. The van der Waals surface area contributed by atoms with E-state index in [1.165, 1.54) is 31.5 Å². The van der Waals surface area contributed by atoms with Gasteiger partial charge in [0.05, 0.1) is 13.3 Å². The van der Waals surface area contributed by atoms with Gasteiger partial charge in [-0.2, -0.15) is 10.4 Å². The van der Waals surface area contributed by atoms with Gasteiger partial charge in [0.2, 0.25) is 0 Å². The minimum atomic E-state index is -0.522. The second kappa shape index (κ2) is 8.29. The van der Waals surface area contributed by atoms with Crippen molar-refractivity contribution < 1.29 is 18.7 Å². The molecule has 24 heavy (non-hydrogen) atoms. The predicted molar refractivity (Wildman–Crippen MR) is 85.6 cm³/mol. The maximum atomic E-state index is 13.1. The molecule has 0 saturated heterocycles. The van der Waals surface area contributed by atoms with Crippen molar-refractivity contribution in [2.75, 3.05) is 13.7 Å². The molecule has 0 atom stereocenters. The molecule has 1 N–H and O–H groups in total. The number of hydrazone groups is 1. The zero-order valence-electron chi connectivity index (χ0n) is 12.8. The Labute approximate surface area is 138 Å². The lowest BCUT2D eigenvalue weighted by Gasteiger charge is -2.08. The van der Waals surface area contributed by atoms with Crippen LogP contribution >= 0.6 is 0 Å². The highest BCUT2D eigenvalue weighted by atomic mass is 19.1. The van der Waals surface area contributed by atoms with Crippen molar-refractivity contribution in [1.29, 1.82) is 5.26 Å². The van der Waals surface area contributed by atoms with E-state index in [0.717, 1.165) is 6.07 Å². The highest BCUT2D eigenvalue weighted by Gasteiger charge is 2.06. The molecular weight excluding hydrogens is 313 g/mol. The number of hydrogen-bond acceptors (Lipinski definition) is 5. The van der Waals surface area contributed by atoms with Gasteiger partial charge in [-0.15, -0.1) is 0 Å². The number of ether oxygens (including phenoxy) is 2. The fourth-order valence-corrected chi connectivity index (χ4v) is 1.85. The quantitative estimate of drug-likeness (QED) is 0.652. The molecule has 0 saturated carbocycles. The summed E-state index contributed by atoms with van der Waals surface area (Å²) >= 11 is 0. The van der Waals surface area contributed by atoms with Gasteiger partial charge in [-0.05, 0) is 42.0 Å². The highest BCUT2D eigenvalue weighted by Crippen LogP contribution is 2.27. The highest BCUT2D eigenvalue weighted by molar-refractivity contribution is 5.94. The van der Waals surface area contributed by atoms with E-state index in [-0.39, 0.29) is 12.2 Å². The maximum absolute atomic E-state index is 13.1. The third-order valence-electron chi connectivity index (χ3n) is 2.95. The van der Waals surface area contributed by atoms with Gasteiger partial charge in [0, 0.05) is 5.56 Å². The van der Waals surface area contributed by atoms with Crippen LogP contribution in [0.4, 0.5) is 4.39 Å². The van der Waals surface area contributed by atoms with E-state index in [0.29, 0.717) is 17.1 Å². The van der Waals surface area contributed by atoms with E-state index in [4.69, 9.17) is 14.7 Å². The minimum Gasteiger partial charge on any atom is -0.493 e. The summed E-state index contributed by atoms with van der Waals surface area (Å²) in [5.74, 6) is -0.151. The second-order valence-corrected chi connectivity index (χ2v) is 4.57. The van der Waals surface area contributed by atoms with Gasteiger partial charge in [0.25, 0.3) is 5.91 Å². The number of nitriles is 1. The Bertz CT molecular complexity index is 800. The Balaban J connectivity index is 2.04. The van der Waals surface area contributed by atoms with Crippen LogP contribution in [0.25, 0.3) is 0 Å². The molecule has 2 rings (SSSR count). The summed E-state index contributed by atoms with van der Waals surface area (Å²) in [6.45, 7) is -0.0898. The Morgan fingerprint density at radius 3 is 2.88 bits per heavy atom. The van der Waals surface area contributed by atoms with Crippen LogP contribution in [0.1, 0.15) is 15.9 Å². The van der Waals surface area contributed by atoms with Crippen LogP contribution in [0.15, 0.2) is 47.6 Å². The van der Waals surface area contributed by atoms with Gasteiger partial charge in [0.15, 0.2) is 18.1 Å². The number of hydrogen-bond donors (Lipinski definition) is 1. The molecule has 6 nitrogen and oxygen atoms in total. The number of nitrogens with zero attached hydrogens (tertiary/aromatic N) is 2. The minimum absolute atomic E-state index is 0.0898. The summed E-state index contributed by atoms with van der Waals surface area (Å²) in [6.07, 6.45) is 1.41. The second-order valence-electron chi connectivity index (χ2n) is 4.57. The first-order valence-corrected chi connectivity index (χ1v) is 6.91. The zero-order chi connectivity index (χ0) is 17.4. The third kappa shape index (κ3) is 4.55. The summed E-state index contributed by atoms with van der Waals surface area (Å²) in [6, 6.07) is 12.1. The van der Waals surface area contributed by atoms with Gasteiger partial charge < -0.3 is 9.47 Å². The summed E-state index contributed by atoms with van der Waals surface area (Å²) in [5.41, 5.74) is 3.13. The zero-order valence-corrected chi connectivity index (χ0v) is 12.8. The molecule has 7 heteroatoms. The van der Waals surface area contributed by atoms with Crippen molar-refractivity contribution in [1.82, 2.24) is 5.43 Å². The monoisotopic (exact) mass is 327 g/mol. The first kappa shape index (κ1) is 17.0. The molecule has 2 aromatic carbocycles. The van der Waals surface area contributed by atoms with E-state index in [1.54, 1.807) is 18.2 Å². The molecular formula is C17H14FN3O3. The van der Waals surface area contributed by atoms with Crippen LogP contribution in [0.5, 0.6) is 11.5 Å².